The number of anilines is 2. The summed E-state index contributed by atoms with van der Waals surface area (Å²) in [6, 6.07) is 13.9. The van der Waals surface area contributed by atoms with E-state index in [1.165, 1.54) is 11.1 Å². The van der Waals surface area contributed by atoms with Gasteiger partial charge < -0.3 is 19.9 Å². The quantitative estimate of drug-likeness (QED) is 0.857. The maximum atomic E-state index is 12.9. The average molecular weight is 349 g/mol. The van der Waals surface area contributed by atoms with E-state index in [0.717, 1.165) is 12.8 Å². The lowest BCUT2D eigenvalue weighted by atomic mass is 9.92. The summed E-state index contributed by atoms with van der Waals surface area (Å²) in [7, 11) is 1.72. The zero-order valence-corrected chi connectivity index (χ0v) is 14.4. The summed E-state index contributed by atoms with van der Waals surface area (Å²) >= 11 is 0. The molecule has 5 rings (SSSR count). The molecule has 0 aliphatic carbocycles. The Balaban J connectivity index is 1.38. The van der Waals surface area contributed by atoms with Gasteiger partial charge in [0.25, 0.3) is 5.91 Å². The summed E-state index contributed by atoms with van der Waals surface area (Å²) < 4.78 is 5.50. The van der Waals surface area contributed by atoms with Crippen LogP contribution in [0, 0.1) is 0 Å². The SMILES string of the molecule is CN1C(=O)COc2cc(NC(=O)N3[C@H]4CC[C@H]3c3ccccc34)ccc21. The van der Waals surface area contributed by atoms with Crippen molar-refractivity contribution in [1.82, 2.24) is 4.90 Å². The first-order valence-electron chi connectivity index (χ1n) is 8.85. The van der Waals surface area contributed by atoms with Gasteiger partial charge in [-0.25, -0.2) is 4.79 Å². The van der Waals surface area contributed by atoms with Crippen LogP contribution in [0.3, 0.4) is 0 Å². The van der Waals surface area contributed by atoms with Crippen molar-refractivity contribution in [2.45, 2.75) is 24.9 Å². The summed E-state index contributed by atoms with van der Waals surface area (Å²) in [6.45, 7) is 0.0203. The number of carbonyl (C=O) groups is 2. The van der Waals surface area contributed by atoms with Gasteiger partial charge in [-0.2, -0.15) is 0 Å². The van der Waals surface area contributed by atoms with Crippen LogP contribution in [0.2, 0.25) is 0 Å². The molecule has 1 saturated heterocycles. The van der Waals surface area contributed by atoms with Crippen molar-refractivity contribution in [3.63, 3.8) is 0 Å². The van der Waals surface area contributed by atoms with Gasteiger partial charge in [0.15, 0.2) is 6.61 Å². The fraction of sp³-hybridized carbons (Fsp3) is 0.300. The van der Waals surface area contributed by atoms with E-state index in [2.05, 4.69) is 17.4 Å². The van der Waals surface area contributed by atoms with Crippen molar-refractivity contribution < 1.29 is 14.3 Å². The lowest BCUT2D eigenvalue weighted by Gasteiger charge is -2.27. The Morgan fingerprint density at radius 3 is 2.50 bits per heavy atom. The molecule has 0 spiro atoms. The summed E-state index contributed by atoms with van der Waals surface area (Å²) in [5.74, 6) is 0.526. The molecule has 0 unspecified atom stereocenters. The number of amides is 3. The highest BCUT2D eigenvalue weighted by Gasteiger charge is 2.46. The fourth-order valence-corrected chi connectivity index (χ4v) is 4.37. The molecule has 1 N–H and O–H groups in total. The number of hydrogen-bond acceptors (Lipinski definition) is 3. The molecule has 6 heteroatoms. The molecule has 3 aliphatic rings. The largest absolute Gasteiger partial charge is 0.481 e. The highest BCUT2D eigenvalue weighted by atomic mass is 16.5. The van der Waals surface area contributed by atoms with Gasteiger partial charge in [0.2, 0.25) is 0 Å². The predicted octanol–water partition coefficient (Wildman–Crippen LogP) is 3.47. The first kappa shape index (κ1) is 15.3. The highest BCUT2D eigenvalue weighted by molar-refractivity contribution is 5.98. The number of ether oxygens (including phenoxy) is 1. The third-order valence-corrected chi connectivity index (χ3v) is 5.63. The van der Waals surface area contributed by atoms with Crippen LogP contribution in [0.1, 0.15) is 36.1 Å². The molecule has 26 heavy (non-hydrogen) atoms. The lowest BCUT2D eigenvalue weighted by molar-refractivity contribution is -0.120. The number of benzene rings is 2. The summed E-state index contributed by atoms with van der Waals surface area (Å²) in [5, 5.41) is 3.00. The monoisotopic (exact) mass is 349 g/mol. The number of fused-ring (bicyclic) bond motifs is 6. The second-order valence-electron chi connectivity index (χ2n) is 7.00. The van der Waals surface area contributed by atoms with Gasteiger partial charge in [0.05, 0.1) is 17.8 Å². The van der Waals surface area contributed by atoms with E-state index in [4.69, 9.17) is 4.74 Å². The third-order valence-electron chi connectivity index (χ3n) is 5.63. The van der Waals surface area contributed by atoms with Crippen molar-refractivity contribution in [3.8, 4) is 5.75 Å². The maximum Gasteiger partial charge on any atom is 0.322 e. The van der Waals surface area contributed by atoms with Gasteiger partial charge in [0.1, 0.15) is 5.75 Å². The topological polar surface area (TPSA) is 61.9 Å². The first-order chi connectivity index (χ1) is 12.6. The van der Waals surface area contributed by atoms with Gasteiger partial charge in [0, 0.05) is 18.8 Å². The van der Waals surface area contributed by atoms with Crippen molar-refractivity contribution >= 4 is 23.3 Å². The lowest BCUT2D eigenvalue weighted by Crippen LogP contribution is -2.35. The number of hydrogen-bond donors (Lipinski definition) is 1. The number of carbonyl (C=O) groups excluding carboxylic acids is 2. The van der Waals surface area contributed by atoms with Crippen molar-refractivity contribution in [3.05, 3.63) is 53.6 Å². The van der Waals surface area contributed by atoms with Crippen LogP contribution in [-0.4, -0.2) is 30.5 Å². The highest BCUT2D eigenvalue weighted by Crippen LogP contribution is 2.53. The Bertz CT molecular complexity index is 895. The first-order valence-corrected chi connectivity index (χ1v) is 8.85. The minimum Gasteiger partial charge on any atom is -0.481 e. The summed E-state index contributed by atoms with van der Waals surface area (Å²) in [6.07, 6.45) is 2.02. The average Bonchev–Trinajstić information content (AvgIpc) is 3.22. The molecule has 0 aromatic heterocycles. The fourth-order valence-electron chi connectivity index (χ4n) is 4.37. The molecular weight excluding hydrogens is 330 g/mol. The molecule has 3 aliphatic heterocycles. The maximum absolute atomic E-state index is 12.9. The van der Waals surface area contributed by atoms with Crippen LogP contribution in [0.25, 0.3) is 0 Å². The number of nitrogens with one attached hydrogen (secondary N) is 1. The van der Waals surface area contributed by atoms with Gasteiger partial charge >= 0.3 is 6.03 Å². The van der Waals surface area contributed by atoms with Gasteiger partial charge in [-0.1, -0.05) is 24.3 Å². The molecule has 3 heterocycles. The molecule has 6 nitrogen and oxygen atoms in total. The second-order valence-corrected chi connectivity index (χ2v) is 7.00. The Hall–Kier alpha value is -3.02. The molecule has 2 aromatic rings. The van der Waals surface area contributed by atoms with E-state index in [0.29, 0.717) is 17.1 Å². The summed E-state index contributed by atoms with van der Waals surface area (Å²) in [4.78, 5) is 28.2. The standard InChI is InChI=1S/C20H19N3O3/c1-22-17-7-6-12(10-18(17)26-11-19(22)24)21-20(25)23-15-8-9-16(23)14-5-3-2-4-13(14)15/h2-7,10,15-16H,8-9,11H2,1H3,(H,21,25)/t15-,16-/m0/s1. The molecule has 2 atom stereocenters. The number of nitrogens with zero attached hydrogens (tertiary/aromatic N) is 2. The van der Waals surface area contributed by atoms with Crippen molar-refractivity contribution in [1.29, 1.82) is 0 Å². The molecule has 2 aromatic carbocycles. The second kappa shape index (κ2) is 5.49. The molecule has 1 fully saturated rings. The minimum absolute atomic E-state index is 0.0203. The molecule has 2 bridgehead atoms. The van der Waals surface area contributed by atoms with Crippen LogP contribution in [0.5, 0.6) is 5.75 Å². The van der Waals surface area contributed by atoms with E-state index in [1.54, 1.807) is 30.1 Å². The molecule has 132 valence electrons. The molecule has 3 amide bonds. The van der Waals surface area contributed by atoms with E-state index in [1.807, 2.05) is 17.0 Å². The Morgan fingerprint density at radius 1 is 1.12 bits per heavy atom. The van der Waals surface area contributed by atoms with E-state index in [-0.39, 0.29) is 30.6 Å². The van der Waals surface area contributed by atoms with E-state index < -0.39 is 0 Å². The third kappa shape index (κ3) is 2.11. The predicted molar refractivity (Wildman–Crippen MR) is 97.4 cm³/mol. The number of urea groups is 1. The van der Waals surface area contributed by atoms with Crippen LogP contribution < -0.4 is 15.0 Å². The van der Waals surface area contributed by atoms with Gasteiger partial charge in [-0.3, -0.25) is 4.79 Å². The van der Waals surface area contributed by atoms with Crippen LogP contribution in [0.4, 0.5) is 16.2 Å². The smallest absolute Gasteiger partial charge is 0.322 e. The van der Waals surface area contributed by atoms with Gasteiger partial charge in [-0.05, 0) is 36.1 Å². The van der Waals surface area contributed by atoms with Crippen molar-refractivity contribution in [2.24, 2.45) is 0 Å². The zero-order chi connectivity index (χ0) is 17.8. The van der Waals surface area contributed by atoms with E-state index in [9.17, 15) is 9.59 Å². The molecule has 0 radical (unpaired) electrons. The Labute approximate surface area is 151 Å². The summed E-state index contributed by atoms with van der Waals surface area (Å²) in [5.41, 5.74) is 3.93. The molecular formula is C20H19N3O3. The van der Waals surface area contributed by atoms with Crippen LogP contribution in [-0.2, 0) is 4.79 Å². The van der Waals surface area contributed by atoms with Crippen LogP contribution >= 0.6 is 0 Å². The van der Waals surface area contributed by atoms with E-state index >= 15 is 0 Å². The van der Waals surface area contributed by atoms with Crippen LogP contribution in [0.15, 0.2) is 42.5 Å². The number of likely N-dealkylation sites (N-methyl/N-ethyl adjacent to an activating group) is 1. The molecule has 0 saturated carbocycles. The van der Waals surface area contributed by atoms with Gasteiger partial charge in [-0.15, -0.1) is 0 Å². The normalized spacial score (nSPS) is 22.7. The zero-order valence-electron chi connectivity index (χ0n) is 14.4. The Kier molecular flexibility index (Phi) is 3.22. The Morgan fingerprint density at radius 2 is 1.81 bits per heavy atom. The number of rotatable bonds is 1. The minimum atomic E-state index is -0.0890. The van der Waals surface area contributed by atoms with Crippen molar-refractivity contribution in [2.75, 3.05) is 23.9 Å².